The molecule has 184 valence electrons. The van der Waals surface area contributed by atoms with Gasteiger partial charge in [0.2, 0.25) is 21.9 Å². The van der Waals surface area contributed by atoms with Crippen molar-refractivity contribution in [2.24, 2.45) is 5.92 Å². The molecule has 10 nitrogen and oxygen atoms in total. The Morgan fingerprint density at radius 1 is 0.886 bits per heavy atom. The van der Waals surface area contributed by atoms with Crippen LogP contribution in [0.1, 0.15) is 18.4 Å². The van der Waals surface area contributed by atoms with Gasteiger partial charge in [-0.1, -0.05) is 30.3 Å². The Balaban J connectivity index is 1.31. The van der Waals surface area contributed by atoms with Crippen molar-refractivity contribution in [2.75, 3.05) is 23.1 Å². The summed E-state index contributed by atoms with van der Waals surface area (Å²) in [6, 6.07) is 16.3. The Morgan fingerprint density at radius 3 is 2.14 bits per heavy atom. The van der Waals surface area contributed by atoms with E-state index in [1.165, 1.54) is 41.0 Å². The van der Waals surface area contributed by atoms with Crippen LogP contribution >= 0.6 is 0 Å². The highest BCUT2D eigenvalue weighted by Crippen LogP contribution is 2.24. The lowest BCUT2D eigenvalue weighted by Crippen LogP contribution is -2.41. The summed E-state index contributed by atoms with van der Waals surface area (Å²) in [5.41, 5.74) is 1.17. The summed E-state index contributed by atoms with van der Waals surface area (Å²) in [7, 11) is -7.33. The first kappa shape index (κ1) is 24.8. The predicted molar refractivity (Wildman–Crippen MR) is 131 cm³/mol. The highest BCUT2D eigenvalue weighted by atomic mass is 32.2. The molecule has 0 spiro atoms. The number of nitrogens with zero attached hydrogens (tertiary/aromatic N) is 3. The average molecular weight is 516 g/mol. The number of piperidine rings is 1. The molecule has 35 heavy (non-hydrogen) atoms. The summed E-state index contributed by atoms with van der Waals surface area (Å²) >= 11 is 0. The minimum Gasteiger partial charge on any atom is -0.326 e. The maximum atomic E-state index is 12.7. The summed E-state index contributed by atoms with van der Waals surface area (Å²) in [4.78, 5) is 20.4. The second-order valence-electron chi connectivity index (χ2n) is 8.11. The molecule has 0 atom stereocenters. The van der Waals surface area contributed by atoms with Crippen LogP contribution in [0.5, 0.6) is 0 Å². The van der Waals surface area contributed by atoms with Crippen LogP contribution in [0.2, 0.25) is 0 Å². The number of nitrogens with one attached hydrogen (secondary N) is 2. The third-order valence-electron chi connectivity index (χ3n) is 5.63. The zero-order valence-corrected chi connectivity index (χ0v) is 20.4. The molecule has 2 N–H and O–H groups in total. The molecule has 1 aliphatic heterocycles. The molecule has 2 heterocycles. The standard InChI is InChI=1S/C23H25N5O5S2/c29-22(19-11-15-28(16-12-19)34(30,31)17-18-5-2-1-3-6-18)26-20-7-9-21(10-8-20)35(32,33)27-23-24-13-4-14-25-23/h1-10,13-14,19H,11-12,15-17H2,(H,26,29)(H,24,25,27). The van der Waals surface area contributed by atoms with Gasteiger partial charge in [-0.25, -0.2) is 35.8 Å². The lowest BCUT2D eigenvalue weighted by molar-refractivity contribution is -0.120. The van der Waals surface area contributed by atoms with Crippen molar-refractivity contribution >= 4 is 37.6 Å². The molecule has 4 rings (SSSR count). The number of anilines is 2. The number of hydrogen-bond acceptors (Lipinski definition) is 7. The van der Waals surface area contributed by atoms with Crippen LogP contribution < -0.4 is 10.0 Å². The Labute approximate surface area is 204 Å². The maximum Gasteiger partial charge on any atom is 0.264 e. The van der Waals surface area contributed by atoms with Crippen molar-refractivity contribution in [2.45, 2.75) is 23.5 Å². The molecular weight excluding hydrogens is 490 g/mol. The summed E-state index contributed by atoms with van der Waals surface area (Å²) in [6.45, 7) is 0.551. The van der Waals surface area contributed by atoms with E-state index in [-0.39, 0.29) is 41.5 Å². The minimum absolute atomic E-state index is 0.000108. The number of benzene rings is 2. The van der Waals surface area contributed by atoms with Gasteiger partial charge in [-0.15, -0.1) is 0 Å². The molecule has 1 aromatic heterocycles. The Kier molecular flexibility index (Phi) is 7.43. The van der Waals surface area contributed by atoms with E-state index in [1.54, 1.807) is 30.3 Å². The topological polar surface area (TPSA) is 138 Å². The minimum atomic E-state index is -3.87. The molecule has 2 aromatic carbocycles. The van der Waals surface area contributed by atoms with Gasteiger partial charge in [0.25, 0.3) is 10.0 Å². The third kappa shape index (κ3) is 6.41. The van der Waals surface area contributed by atoms with Gasteiger partial charge in [0.05, 0.1) is 10.6 Å². The fourth-order valence-corrected chi connectivity index (χ4v) is 6.29. The monoisotopic (exact) mass is 515 g/mol. The van der Waals surface area contributed by atoms with Crippen LogP contribution in [-0.2, 0) is 30.6 Å². The number of amides is 1. The number of hydrogen-bond donors (Lipinski definition) is 2. The van der Waals surface area contributed by atoms with E-state index in [9.17, 15) is 21.6 Å². The Hall–Kier alpha value is -3.35. The molecular formula is C23H25N5O5S2. The molecule has 0 radical (unpaired) electrons. The summed E-state index contributed by atoms with van der Waals surface area (Å²) in [6.07, 6.45) is 3.67. The van der Waals surface area contributed by atoms with Crippen molar-refractivity contribution < 1.29 is 21.6 Å². The first-order valence-corrected chi connectivity index (χ1v) is 14.0. The highest BCUT2D eigenvalue weighted by Gasteiger charge is 2.31. The second-order valence-corrected chi connectivity index (χ2v) is 11.8. The van der Waals surface area contributed by atoms with Crippen LogP contribution in [0.25, 0.3) is 0 Å². The van der Waals surface area contributed by atoms with Crippen LogP contribution in [-0.4, -0.2) is 50.1 Å². The van der Waals surface area contributed by atoms with Gasteiger partial charge in [-0.2, -0.15) is 0 Å². The normalized spacial score (nSPS) is 15.4. The number of sulfonamides is 2. The molecule has 1 saturated heterocycles. The number of aromatic nitrogens is 2. The molecule has 12 heteroatoms. The van der Waals surface area contributed by atoms with Crippen LogP contribution in [0, 0.1) is 5.92 Å². The first-order chi connectivity index (χ1) is 16.7. The molecule has 0 aliphatic carbocycles. The third-order valence-corrected chi connectivity index (χ3v) is 8.83. The van der Waals surface area contributed by atoms with E-state index in [0.717, 1.165) is 5.56 Å². The summed E-state index contributed by atoms with van der Waals surface area (Å²) in [5.74, 6) is -0.664. The summed E-state index contributed by atoms with van der Waals surface area (Å²) in [5, 5.41) is 2.79. The van der Waals surface area contributed by atoms with Gasteiger partial charge in [0, 0.05) is 37.1 Å². The lowest BCUT2D eigenvalue weighted by atomic mass is 9.97. The van der Waals surface area contributed by atoms with Crippen molar-refractivity contribution in [1.82, 2.24) is 14.3 Å². The lowest BCUT2D eigenvalue weighted by Gasteiger charge is -2.30. The largest absolute Gasteiger partial charge is 0.326 e. The second kappa shape index (κ2) is 10.5. The quantitative estimate of drug-likeness (QED) is 0.470. The van der Waals surface area contributed by atoms with Gasteiger partial charge >= 0.3 is 0 Å². The molecule has 0 unspecified atom stereocenters. The van der Waals surface area contributed by atoms with Crippen molar-refractivity contribution in [3.05, 3.63) is 78.6 Å². The molecule has 1 aliphatic rings. The van der Waals surface area contributed by atoms with Crippen molar-refractivity contribution in [3.63, 3.8) is 0 Å². The zero-order valence-electron chi connectivity index (χ0n) is 18.7. The van der Waals surface area contributed by atoms with Crippen molar-refractivity contribution in [3.8, 4) is 0 Å². The fraction of sp³-hybridized carbons (Fsp3) is 0.261. The van der Waals surface area contributed by atoms with E-state index in [1.807, 2.05) is 6.07 Å². The van der Waals surface area contributed by atoms with Crippen LogP contribution in [0.4, 0.5) is 11.6 Å². The van der Waals surface area contributed by atoms with E-state index in [4.69, 9.17) is 0 Å². The van der Waals surface area contributed by atoms with Gasteiger partial charge < -0.3 is 5.32 Å². The SMILES string of the molecule is O=C(Nc1ccc(S(=O)(=O)Nc2ncccn2)cc1)C1CCN(S(=O)(=O)Cc2ccccc2)CC1. The maximum absolute atomic E-state index is 12.7. The number of carbonyl (C=O) groups is 1. The first-order valence-electron chi connectivity index (χ1n) is 11.0. The smallest absolute Gasteiger partial charge is 0.264 e. The Bertz CT molecular complexity index is 1360. The van der Waals surface area contributed by atoms with E-state index in [2.05, 4.69) is 20.0 Å². The van der Waals surface area contributed by atoms with Gasteiger partial charge in [-0.3, -0.25) is 4.79 Å². The molecule has 1 fully saturated rings. The van der Waals surface area contributed by atoms with E-state index >= 15 is 0 Å². The highest BCUT2D eigenvalue weighted by molar-refractivity contribution is 7.92. The molecule has 0 bridgehead atoms. The van der Waals surface area contributed by atoms with E-state index < -0.39 is 20.0 Å². The predicted octanol–water partition coefficient (Wildman–Crippen LogP) is 2.46. The summed E-state index contributed by atoms with van der Waals surface area (Å²) < 4.78 is 54.1. The van der Waals surface area contributed by atoms with Gasteiger partial charge in [0.15, 0.2) is 0 Å². The molecule has 1 amide bonds. The Morgan fingerprint density at radius 2 is 1.51 bits per heavy atom. The van der Waals surface area contributed by atoms with Crippen LogP contribution in [0.3, 0.4) is 0 Å². The molecule has 0 saturated carbocycles. The van der Waals surface area contributed by atoms with Gasteiger partial charge in [-0.05, 0) is 48.7 Å². The van der Waals surface area contributed by atoms with E-state index in [0.29, 0.717) is 18.5 Å². The average Bonchev–Trinajstić information content (AvgIpc) is 2.85. The van der Waals surface area contributed by atoms with Gasteiger partial charge in [0.1, 0.15) is 0 Å². The van der Waals surface area contributed by atoms with Crippen molar-refractivity contribution in [1.29, 1.82) is 0 Å². The number of rotatable bonds is 8. The zero-order chi connectivity index (χ0) is 24.9. The molecule has 3 aromatic rings. The van der Waals surface area contributed by atoms with Crippen LogP contribution in [0.15, 0.2) is 78.0 Å². The fourth-order valence-electron chi connectivity index (χ4n) is 3.76. The number of carbonyl (C=O) groups excluding carboxylic acids is 1.